The molecule has 0 amide bonds. The zero-order valence-corrected chi connectivity index (χ0v) is 13.4. The highest BCUT2D eigenvalue weighted by Gasteiger charge is 2.13. The van der Waals surface area contributed by atoms with Gasteiger partial charge >= 0.3 is 0 Å². The first-order valence-corrected chi connectivity index (χ1v) is 9.01. The number of benzene rings is 2. The lowest BCUT2D eigenvalue weighted by molar-refractivity contribution is 0.595. The fraction of sp³-hybridized carbons (Fsp3) is 0. The summed E-state index contributed by atoms with van der Waals surface area (Å²) in [5.41, 5.74) is 17.7. The molecule has 0 spiro atoms. The van der Waals surface area contributed by atoms with Crippen LogP contribution in [-0.2, 0) is 20.0 Å². The van der Waals surface area contributed by atoms with Gasteiger partial charge in [0.25, 0.3) is 20.0 Å². The van der Waals surface area contributed by atoms with Crippen molar-refractivity contribution in [2.24, 2.45) is 9.04 Å². The molecule has 0 aliphatic heterocycles. The van der Waals surface area contributed by atoms with Crippen molar-refractivity contribution < 1.29 is 16.8 Å². The Kier molecular flexibility index (Phi) is 4.77. The Morgan fingerprint density at radius 3 is 1.17 bits per heavy atom. The summed E-state index contributed by atoms with van der Waals surface area (Å²) < 4.78 is 51.7. The Labute approximate surface area is 136 Å². The molecule has 2 aromatic rings. The van der Waals surface area contributed by atoms with Gasteiger partial charge in [-0.3, -0.25) is 0 Å². The number of nitrogens with zero attached hydrogens (tertiary/aromatic N) is 6. The number of sulfonamides is 2. The van der Waals surface area contributed by atoms with Crippen LogP contribution >= 0.6 is 0 Å². The van der Waals surface area contributed by atoms with Crippen molar-refractivity contribution in [2.75, 3.05) is 0 Å². The van der Waals surface area contributed by atoms with E-state index in [2.05, 4.69) is 18.9 Å². The fourth-order valence-corrected chi connectivity index (χ4v) is 3.17. The van der Waals surface area contributed by atoms with Crippen LogP contribution in [0.2, 0.25) is 0 Å². The van der Waals surface area contributed by atoms with E-state index in [4.69, 9.17) is 11.1 Å². The van der Waals surface area contributed by atoms with E-state index in [1.807, 2.05) is 0 Å². The third-order valence-corrected chi connectivity index (χ3v) is 5.24. The summed E-state index contributed by atoms with van der Waals surface area (Å²) in [6.07, 6.45) is 0. The third-order valence-electron chi connectivity index (χ3n) is 2.93. The zero-order valence-electron chi connectivity index (χ0n) is 11.8. The lowest BCUT2D eigenvalue weighted by Gasteiger charge is -2.04. The number of azide groups is 2. The lowest BCUT2D eigenvalue weighted by Crippen LogP contribution is -1.95. The average molecular weight is 364 g/mol. The Bertz CT molecular complexity index is 974. The molecule has 122 valence electrons. The van der Waals surface area contributed by atoms with Gasteiger partial charge in [-0.1, -0.05) is 24.3 Å². The van der Waals surface area contributed by atoms with Gasteiger partial charge in [0, 0.05) is 18.9 Å². The number of hydrogen-bond acceptors (Lipinski definition) is 4. The van der Waals surface area contributed by atoms with Crippen LogP contribution in [0.3, 0.4) is 0 Å². The molecular weight excluding hydrogens is 356 g/mol. The summed E-state index contributed by atoms with van der Waals surface area (Å²) in [7, 11) is -8.12. The van der Waals surface area contributed by atoms with E-state index >= 15 is 0 Å². The van der Waals surface area contributed by atoms with E-state index in [0.717, 1.165) is 0 Å². The smallest absolute Gasteiger partial charge is 0.216 e. The summed E-state index contributed by atoms with van der Waals surface area (Å²) in [5.74, 6) is 0. The highest BCUT2D eigenvalue weighted by atomic mass is 32.2. The molecule has 0 atom stereocenters. The summed E-state index contributed by atoms with van der Waals surface area (Å²) >= 11 is 0. The minimum absolute atomic E-state index is 0.161. The van der Waals surface area contributed by atoms with Crippen LogP contribution < -0.4 is 0 Å². The van der Waals surface area contributed by atoms with Crippen LogP contribution in [0.15, 0.2) is 67.4 Å². The van der Waals surface area contributed by atoms with Gasteiger partial charge in [-0.25, -0.2) is 16.8 Å². The van der Waals surface area contributed by atoms with Crippen molar-refractivity contribution >= 4 is 20.0 Å². The maximum Gasteiger partial charge on any atom is 0.264 e. The van der Waals surface area contributed by atoms with E-state index < -0.39 is 20.0 Å². The van der Waals surface area contributed by atoms with Gasteiger partial charge in [-0.2, -0.15) is 0 Å². The van der Waals surface area contributed by atoms with E-state index in [-0.39, 0.29) is 9.79 Å². The summed E-state index contributed by atoms with van der Waals surface area (Å²) in [6, 6.07) is 11.0. The topological polar surface area (TPSA) is 166 Å². The SMILES string of the molecule is [N-]=[N+]=NS(=O)(=O)c1ccc(-c2ccc(S(=O)(=O)N=[N+]=[N-])cc2)cc1. The number of hydrogen-bond donors (Lipinski definition) is 0. The van der Waals surface area contributed by atoms with E-state index in [1.165, 1.54) is 48.5 Å². The average Bonchev–Trinajstić information content (AvgIpc) is 2.55. The molecule has 2 aromatic carbocycles. The molecule has 0 aliphatic rings. The fourth-order valence-electron chi connectivity index (χ4n) is 1.83. The van der Waals surface area contributed by atoms with Crippen molar-refractivity contribution in [1.82, 2.24) is 0 Å². The number of rotatable bonds is 5. The Balaban J connectivity index is 2.37. The monoisotopic (exact) mass is 364 g/mol. The predicted molar refractivity (Wildman–Crippen MR) is 84.5 cm³/mol. The maximum atomic E-state index is 11.6. The third kappa shape index (κ3) is 3.65. The highest BCUT2D eigenvalue weighted by Crippen LogP contribution is 2.24. The van der Waals surface area contributed by atoms with Gasteiger partial charge < -0.3 is 0 Å². The molecule has 0 aliphatic carbocycles. The Morgan fingerprint density at radius 1 is 0.625 bits per heavy atom. The lowest BCUT2D eigenvalue weighted by atomic mass is 10.1. The first-order valence-electron chi connectivity index (χ1n) is 6.13. The van der Waals surface area contributed by atoms with Crippen molar-refractivity contribution in [1.29, 1.82) is 0 Å². The molecule has 0 fully saturated rings. The summed E-state index contributed by atoms with van der Waals surface area (Å²) in [5, 5.41) is 0. The second-order valence-electron chi connectivity index (χ2n) is 4.34. The van der Waals surface area contributed by atoms with Crippen LogP contribution in [0, 0.1) is 0 Å². The molecule has 0 saturated heterocycles. The molecule has 0 bridgehead atoms. The zero-order chi connectivity index (χ0) is 17.8. The van der Waals surface area contributed by atoms with Gasteiger partial charge in [0.2, 0.25) is 0 Å². The molecule has 0 unspecified atom stereocenters. The minimum atomic E-state index is -4.06. The molecular formula is C12H8N6O4S2. The quantitative estimate of drug-likeness (QED) is 0.451. The molecule has 0 aromatic heterocycles. The van der Waals surface area contributed by atoms with Gasteiger partial charge in [-0.15, -0.1) is 0 Å². The minimum Gasteiger partial charge on any atom is -0.216 e. The Hall–Kier alpha value is -3.04. The maximum absolute atomic E-state index is 11.6. The van der Waals surface area contributed by atoms with Gasteiger partial charge in [0.15, 0.2) is 0 Å². The van der Waals surface area contributed by atoms with Crippen LogP contribution in [0.25, 0.3) is 32.0 Å². The van der Waals surface area contributed by atoms with E-state index in [1.54, 1.807) is 0 Å². The molecule has 2 rings (SSSR count). The van der Waals surface area contributed by atoms with Gasteiger partial charge in [0.05, 0.1) is 9.79 Å². The standard InChI is InChI=1S/C12H8N6O4S2/c13-15-17-23(19,20)11-5-1-9(2-6-11)10-3-7-12(8-4-10)24(21,22)18-16-14/h1-8H. The van der Waals surface area contributed by atoms with Crippen LogP contribution in [-0.4, -0.2) is 16.8 Å². The molecule has 10 nitrogen and oxygen atoms in total. The summed E-state index contributed by atoms with van der Waals surface area (Å²) in [4.78, 5) is 4.19. The van der Waals surface area contributed by atoms with Crippen LogP contribution in [0.5, 0.6) is 0 Å². The first-order chi connectivity index (χ1) is 11.3. The largest absolute Gasteiger partial charge is 0.264 e. The Morgan fingerprint density at radius 2 is 0.917 bits per heavy atom. The van der Waals surface area contributed by atoms with Gasteiger partial charge in [0.1, 0.15) is 0 Å². The van der Waals surface area contributed by atoms with E-state index in [0.29, 0.717) is 11.1 Å². The summed E-state index contributed by atoms with van der Waals surface area (Å²) in [6.45, 7) is 0. The molecule has 24 heavy (non-hydrogen) atoms. The predicted octanol–water partition coefficient (Wildman–Crippen LogP) is 3.35. The van der Waals surface area contributed by atoms with Crippen LogP contribution in [0.4, 0.5) is 0 Å². The van der Waals surface area contributed by atoms with Crippen molar-refractivity contribution in [3.8, 4) is 11.1 Å². The second-order valence-corrected chi connectivity index (χ2v) is 7.51. The van der Waals surface area contributed by atoms with Crippen molar-refractivity contribution in [2.45, 2.75) is 9.79 Å². The highest BCUT2D eigenvalue weighted by molar-refractivity contribution is 7.90. The van der Waals surface area contributed by atoms with E-state index in [9.17, 15) is 16.8 Å². The van der Waals surface area contributed by atoms with Crippen LogP contribution in [0.1, 0.15) is 0 Å². The van der Waals surface area contributed by atoms with Gasteiger partial charge in [-0.05, 0) is 46.5 Å². The molecule has 0 radical (unpaired) electrons. The molecule has 0 saturated carbocycles. The molecule has 12 heteroatoms. The second kappa shape index (κ2) is 6.60. The van der Waals surface area contributed by atoms with Crippen molar-refractivity contribution in [3.05, 3.63) is 69.4 Å². The molecule has 0 heterocycles. The van der Waals surface area contributed by atoms with Crippen molar-refractivity contribution in [3.63, 3.8) is 0 Å². The first kappa shape index (κ1) is 17.3. The molecule has 0 N–H and O–H groups in total. The normalized spacial score (nSPS) is 11.2.